The average molecular weight is 483 g/mol. The molecule has 1 fully saturated rings. The van der Waals surface area contributed by atoms with Crippen molar-refractivity contribution in [1.82, 2.24) is 9.21 Å². The molecule has 0 spiro atoms. The van der Waals surface area contributed by atoms with E-state index in [0.29, 0.717) is 13.0 Å². The molecule has 1 aliphatic heterocycles. The third-order valence-corrected chi connectivity index (χ3v) is 8.02. The highest BCUT2D eigenvalue weighted by molar-refractivity contribution is 7.91. The van der Waals surface area contributed by atoms with E-state index in [1.807, 2.05) is 0 Å². The highest BCUT2D eigenvalue weighted by Crippen LogP contribution is 2.26. The van der Waals surface area contributed by atoms with Gasteiger partial charge in [-0.05, 0) is 63.8 Å². The number of sulfone groups is 1. The first-order valence-electron chi connectivity index (χ1n) is 9.71. The normalized spacial score (nSPS) is 18.7. The minimum absolute atomic E-state index is 0.112. The van der Waals surface area contributed by atoms with Crippen LogP contribution in [0.1, 0.15) is 33.6 Å². The first-order chi connectivity index (χ1) is 14.1. The molecule has 0 radical (unpaired) electrons. The standard InChI is InChI=1S/C19H28F2N2O6S2/c1-19(2,3)29-18(24)22(4)12-14-6-5-11-23(13-14)31(27,28)16-9-7-15(8-10-16)30(25,26)17(20)21/h7-10,14,17H,5-6,11-13H2,1-4H3. The maximum atomic E-state index is 13.0. The molecule has 1 aromatic carbocycles. The average Bonchev–Trinajstić information content (AvgIpc) is 2.66. The molecular formula is C19H28F2N2O6S2. The van der Waals surface area contributed by atoms with E-state index in [-0.39, 0.29) is 23.9 Å². The monoisotopic (exact) mass is 482 g/mol. The number of alkyl halides is 2. The molecule has 0 bridgehead atoms. The highest BCUT2D eigenvalue weighted by atomic mass is 32.2. The van der Waals surface area contributed by atoms with Gasteiger partial charge in [0.25, 0.3) is 0 Å². The number of hydrogen-bond donors (Lipinski definition) is 0. The van der Waals surface area contributed by atoms with E-state index in [2.05, 4.69) is 0 Å². The number of hydrogen-bond acceptors (Lipinski definition) is 6. The summed E-state index contributed by atoms with van der Waals surface area (Å²) in [5.74, 6) is -3.70. The summed E-state index contributed by atoms with van der Waals surface area (Å²) in [6, 6.07) is 3.76. The quantitative estimate of drug-likeness (QED) is 0.618. The lowest BCUT2D eigenvalue weighted by Crippen LogP contribution is -2.44. The molecule has 1 aliphatic rings. The van der Waals surface area contributed by atoms with Gasteiger partial charge in [0.2, 0.25) is 19.9 Å². The largest absolute Gasteiger partial charge is 0.444 e. The summed E-state index contributed by atoms with van der Waals surface area (Å²) in [5, 5.41) is 0. The lowest BCUT2D eigenvalue weighted by Gasteiger charge is -2.34. The minimum Gasteiger partial charge on any atom is -0.444 e. The van der Waals surface area contributed by atoms with Gasteiger partial charge >= 0.3 is 11.9 Å². The third kappa shape index (κ3) is 6.36. The second kappa shape index (κ2) is 9.37. The van der Waals surface area contributed by atoms with Crippen LogP contribution < -0.4 is 0 Å². The van der Waals surface area contributed by atoms with Crippen molar-refractivity contribution >= 4 is 26.0 Å². The second-order valence-electron chi connectivity index (χ2n) is 8.51. The van der Waals surface area contributed by atoms with E-state index in [0.717, 1.165) is 30.7 Å². The first kappa shape index (κ1) is 25.5. The van der Waals surface area contributed by atoms with Crippen LogP contribution in [0.15, 0.2) is 34.1 Å². The van der Waals surface area contributed by atoms with E-state index in [4.69, 9.17) is 4.74 Å². The molecule has 1 aromatic rings. The molecule has 0 saturated carbocycles. The molecule has 31 heavy (non-hydrogen) atoms. The Morgan fingerprint density at radius 2 is 1.71 bits per heavy atom. The van der Waals surface area contributed by atoms with Crippen molar-refractivity contribution in [2.24, 2.45) is 5.92 Å². The van der Waals surface area contributed by atoms with E-state index < -0.39 is 42.2 Å². The maximum Gasteiger partial charge on any atom is 0.410 e. The fraction of sp³-hybridized carbons (Fsp3) is 0.632. The molecule has 12 heteroatoms. The summed E-state index contributed by atoms with van der Waals surface area (Å²) in [4.78, 5) is 12.8. The van der Waals surface area contributed by atoms with E-state index in [1.54, 1.807) is 27.8 Å². The fourth-order valence-electron chi connectivity index (χ4n) is 3.25. The molecular weight excluding hydrogens is 454 g/mol. The Morgan fingerprint density at radius 1 is 1.16 bits per heavy atom. The Morgan fingerprint density at radius 3 is 2.23 bits per heavy atom. The van der Waals surface area contributed by atoms with Crippen molar-refractivity contribution < 1.29 is 35.1 Å². The first-order valence-corrected chi connectivity index (χ1v) is 12.7. The second-order valence-corrected chi connectivity index (χ2v) is 12.4. The summed E-state index contributed by atoms with van der Waals surface area (Å²) in [7, 11) is -7.16. The Balaban J connectivity index is 2.11. The Kier molecular flexibility index (Phi) is 7.70. The fourth-order valence-corrected chi connectivity index (χ4v) is 5.52. The number of halogens is 2. The lowest BCUT2D eigenvalue weighted by molar-refractivity contribution is 0.0258. The highest BCUT2D eigenvalue weighted by Gasteiger charge is 2.33. The maximum absolute atomic E-state index is 13.0. The van der Waals surface area contributed by atoms with Crippen LogP contribution in [0.25, 0.3) is 0 Å². The molecule has 2 rings (SSSR count). The molecule has 1 amide bonds. The van der Waals surface area contributed by atoms with Gasteiger partial charge in [-0.1, -0.05) is 0 Å². The number of amides is 1. The van der Waals surface area contributed by atoms with E-state index in [1.165, 1.54) is 9.21 Å². The molecule has 0 aromatic heterocycles. The van der Waals surface area contributed by atoms with Gasteiger partial charge in [-0.3, -0.25) is 0 Å². The number of carbonyl (C=O) groups is 1. The van der Waals surface area contributed by atoms with Crippen molar-refractivity contribution in [3.63, 3.8) is 0 Å². The van der Waals surface area contributed by atoms with Crippen LogP contribution in [-0.2, 0) is 24.6 Å². The summed E-state index contributed by atoms with van der Waals surface area (Å²) in [6.07, 6.45) is 0.817. The van der Waals surface area contributed by atoms with E-state index >= 15 is 0 Å². The number of carbonyl (C=O) groups excluding carboxylic acids is 1. The zero-order chi connectivity index (χ0) is 23.6. The molecule has 1 heterocycles. The van der Waals surface area contributed by atoms with Gasteiger partial charge in [-0.15, -0.1) is 0 Å². The van der Waals surface area contributed by atoms with Crippen molar-refractivity contribution in [2.45, 2.75) is 54.8 Å². The molecule has 8 nitrogen and oxygen atoms in total. The topological polar surface area (TPSA) is 101 Å². The molecule has 1 atom stereocenters. The molecule has 0 aliphatic carbocycles. The Labute approximate surface area is 182 Å². The molecule has 176 valence electrons. The summed E-state index contributed by atoms with van der Waals surface area (Å²) in [6.45, 7) is 6.02. The van der Waals surface area contributed by atoms with Crippen LogP contribution in [0.2, 0.25) is 0 Å². The SMILES string of the molecule is CN(CC1CCCN(S(=O)(=O)c2ccc(S(=O)(=O)C(F)F)cc2)C1)C(=O)OC(C)(C)C. The van der Waals surface area contributed by atoms with Gasteiger partial charge in [0.05, 0.1) is 9.79 Å². The van der Waals surface area contributed by atoms with Crippen LogP contribution in [0.3, 0.4) is 0 Å². The minimum atomic E-state index is -4.80. The summed E-state index contributed by atoms with van der Waals surface area (Å²) in [5.41, 5.74) is -0.642. The number of sulfonamides is 1. The third-order valence-electron chi connectivity index (χ3n) is 4.74. The van der Waals surface area contributed by atoms with Crippen LogP contribution in [0.5, 0.6) is 0 Å². The summed E-state index contributed by atoms with van der Waals surface area (Å²) < 4.78 is 80.9. The van der Waals surface area contributed by atoms with Gasteiger partial charge in [-0.25, -0.2) is 21.6 Å². The number of piperidine rings is 1. The smallest absolute Gasteiger partial charge is 0.410 e. The molecule has 0 N–H and O–H groups in total. The van der Waals surface area contributed by atoms with Gasteiger partial charge in [0.1, 0.15) is 5.60 Å². The van der Waals surface area contributed by atoms with Gasteiger partial charge in [0.15, 0.2) is 0 Å². The zero-order valence-corrected chi connectivity index (χ0v) is 19.5. The summed E-state index contributed by atoms with van der Waals surface area (Å²) >= 11 is 0. The Bertz CT molecular complexity index is 989. The molecule has 1 saturated heterocycles. The predicted molar refractivity (Wildman–Crippen MR) is 110 cm³/mol. The van der Waals surface area contributed by atoms with Crippen LogP contribution in [-0.4, -0.2) is 70.2 Å². The lowest BCUT2D eigenvalue weighted by atomic mass is 9.99. The van der Waals surface area contributed by atoms with Crippen molar-refractivity contribution in [3.8, 4) is 0 Å². The van der Waals surface area contributed by atoms with Crippen LogP contribution >= 0.6 is 0 Å². The van der Waals surface area contributed by atoms with E-state index in [9.17, 15) is 30.4 Å². The number of nitrogens with zero attached hydrogens (tertiary/aromatic N) is 2. The number of rotatable bonds is 6. The van der Waals surface area contributed by atoms with Crippen LogP contribution in [0.4, 0.5) is 13.6 Å². The van der Waals surface area contributed by atoms with Crippen molar-refractivity contribution in [1.29, 1.82) is 0 Å². The number of ether oxygens (including phenoxy) is 1. The zero-order valence-electron chi connectivity index (χ0n) is 17.9. The van der Waals surface area contributed by atoms with Gasteiger partial charge < -0.3 is 9.64 Å². The Hall–Kier alpha value is -1.79. The van der Waals surface area contributed by atoms with Gasteiger partial charge in [0, 0.05) is 26.7 Å². The van der Waals surface area contributed by atoms with Gasteiger partial charge in [-0.2, -0.15) is 13.1 Å². The number of benzene rings is 1. The predicted octanol–water partition coefficient (Wildman–Crippen LogP) is 2.95. The molecule has 1 unspecified atom stereocenters. The van der Waals surface area contributed by atoms with Crippen molar-refractivity contribution in [2.75, 3.05) is 26.7 Å². The van der Waals surface area contributed by atoms with Crippen LogP contribution in [0, 0.1) is 5.92 Å². The van der Waals surface area contributed by atoms with Crippen molar-refractivity contribution in [3.05, 3.63) is 24.3 Å².